The van der Waals surface area contributed by atoms with Crippen LogP contribution in [-0.4, -0.2) is 52.7 Å². The number of amides is 3. The maximum absolute atomic E-state index is 12.2. The summed E-state index contributed by atoms with van der Waals surface area (Å²) < 4.78 is 5.11. The molecule has 1 heterocycles. The van der Waals surface area contributed by atoms with Crippen LogP contribution in [0.5, 0.6) is 0 Å². The van der Waals surface area contributed by atoms with Crippen molar-refractivity contribution in [1.29, 1.82) is 0 Å². The first-order chi connectivity index (χ1) is 13.9. The van der Waals surface area contributed by atoms with Crippen LogP contribution in [0.3, 0.4) is 0 Å². The number of aliphatic hydroxyl groups excluding tert-OH is 1. The van der Waals surface area contributed by atoms with Gasteiger partial charge in [0.2, 0.25) is 0 Å². The van der Waals surface area contributed by atoms with E-state index in [-0.39, 0.29) is 25.9 Å². The van der Waals surface area contributed by atoms with Crippen molar-refractivity contribution < 1.29 is 33.9 Å². The molecule has 0 aromatic heterocycles. The zero-order chi connectivity index (χ0) is 21.2. The standard InChI is InChI=1S/C19H25N3O7/c20-11-5-4-8-14(21-19(27)28-12-13-6-2-1-3-7-13)17(25)18(26)29-22-15(23)9-10-16(22)24/h1-3,6-7,14,17,25H,4-5,8-12,20H2,(H,21,27)/t14-,17-/m0/s1. The minimum absolute atomic E-state index is 0.0134. The smallest absolute Gasteiger partial charge is 0.407 e. The normalized spacial score (nSPS) is 15.7. The molecule has 1 fully saturated rings. The molecule has 0 spiro atoms. The Morgan fingerprint density at radius 1 is 1.14 bits per heavy atom. The van der Waals surface area contributed by atoms with E-state index in [1.54, 1.807) is 24.3 Å². The lowest BCUT2D eigenvalue weighted by Gasteiger charge is -2.23. The van der Waals surface area contributed by atoms with Gasteiger partial charge in [0.15, 0.2) is 6.10 Å². The van der Waals surface area contributed by atoms with E-state index >= 15 is 0 Å². The predicted octanol–water partition coefficient (Wildman–Crippen LogP) is 0.378. The Balaban J connectivity index is 1.93. The second kappa shape index (κ2) is 11.1. The van der Waals surface area contributed by atoms with E-state index < -0.39 is 36.0 Å². The number of unbranched alkanes of at least 4 members (excludes halogenated alkanes) is 1. The average molecular weight is 407 g/mol. The number of benzene rings is 1. The highest BCUT2D eigenvalue weighted by Gasteiger charge is 2.37. The summed E-state index contributed by atoms with van der Waals surface area (Å²) in [6, 6.07) is 7.95. The molecular weight excluding hydrogens is 382 g/mol. The Morgan fingerprint density at radius 2 is 1.79 bits per heavy atom. The van der Waals surface area contributed by atoms with Crippen molar-refractivity contribution in [1.82, 2.24) is 10.4 Å². The molecule has 10 heteroatoms. The number of hydrogen-bond acceptors (Lipinski definition) is 8. The molecule has 3 amide bonds. The Morgan fingerprint density at radius 3 is 2.41 bits per heavy atom. The molecule has 10 nitrogen and oxygen atoms in total. The lowest BCUT2D eigenvalue weighted by molar-refractivity contribution is -0.204. The summed E-state index contributed by atoms with van der Waals surface area (Å²) in [6.07, 6.45) is -1.40. The predicted molar refractivity (Wildman–Crippen MR) is 99.6 cm³/mol. The van der Waals surface area contributed by atoms with Crippen molar-refractivity contribution >= 4 is 23.9 Å². The largest absolute Gasteiger partial charge is 0.445 e. The monoisotopic (exact) mass is 407 g/mol. The summed E-state index contributed by atoms with van der Waals surface area (Å²) in [7, 11) is 0. The van der Waals surface area contributed by atoms with Crippen LogP contribution in [0.15, 0.2) is 30.3 Å². The van der Waals surface area contributed by atoms with Crippen molar-refractivity contribution in [3.63, 3.8) is 0 Å². The van der Waals surface area contributed by atoms with E-state index in [4.69, 9.17) is 15.3 Å². The Bertz CT molecular complexity index is 710. The van der Waals surface area contributed by atoms with Crippen molar-refractivity contribution in [2.45, 2.75) is 50.9 Å². The SMILES string of the molecule is NCCCC[C@H](NC(=O)OCc1ccccc1)[C@H](O)C(=O)ON1C(=O)CCC1=O. The van der Waals surface area contributed by atoms with Crippen molar-refractivity contribution in [2.24, 2.45) is 5.73 Å². The van der Waals surface area contributed by atoms with Crippen molar-refractivity contribution in [2.75, 3.05) is 6.54 Å². The summed E-state index contributed by atoms with van der Waals surface area (Å²) in [5, 5.41) is 13.1. The zero-order valence-corrected chi connectivity index (χ0v) is 15.9. The second-order valence-corrected chi connectivity index (χ2v) is 6.53. The molecule has 0 unspecified atom stereocenters. The van der Waals surface area contributed by atoms with Crippen LogP contribution in [-0.2, 0) is 30.6 Å². The number of alkyl carbamates (subject to hydrolysis) is 1. The highest BCUT2D eigenvalue weighted by atomic mass is 16.7. The molecule has 158 valence electrons. The summed E-state index contributed by atoms with van der Waals surface area (Å²) in [5.74, 6) is -2.54. The molecule has 1 saturated heterocycles. The minimum Gasteiger partial charge on any atom is -0.445 e. The molecule has 0 aliphatic carbocycles. The van der Waals surface area contributed by atoms with Crippen LogP contribution in [0.2, 0.25) is 0 Å². The third kappa shape index (κ3) is 6.84. The van der Waals surface area contributed by atoms with Crippen LogP contribution in [0.25, 0.3) is 0 Å². The van der Waals surface area contributed by atoms with Gasteiger partial charge in [-0.15, -0.1) is 5.06 Å². The van der Waals surface area contributed by atoms with Gasteiger partial charge in [0, 0.05) is 12.8 Å². The summed E-state index contributed by atoms with van der Waals surface area (Å²) in [5.41, 5.74) is 6.23. The molecule has 0 saturated carbocycles. The molecule has 29 heavy (non-hydrogen) atoms. The van der Waals surface area contributed by atoms with Gasteiger partial charge >= 0.3 is 12.1 Å². The highest BCUT2D eigenvalue weighted by molar-refractivity contribution is 6.01. The fourth-order valence-corrected chi connectivity index (χ4v) is 2.70. The van der Waals surface area contributed by atoms with Crippen LogP contribution in [0, 0.1) is 0 Å². The molecule has 1 aliphatic rings. The number of ether oxygens (including phenoxy) is 1. The number of aliphatic hydroxyl groups is 1. The number of hydrogen-bond donors (Lipinski definition) is 3. The number of nitrogens with two attached hydrogens (primary N) is 1. The quantitative estimate of drug-likeness (QED) is 0.372. The molecular formula is C19H25N3O7. The van der Waals surface area contributed by atoms with Crippen molar-refractivity contribution in [3.05, 3.63) is 35.9 Å². The zero-order valence-electron chi connectivity index (χ0n) is 15.9. The number of nitrogens with one attached hydrogen (secondary N) is 1. The molecule has 4 N–H and O–H groups in total. The van der Waals surface area contributed by atoms with Crippen molar-refractivity contribution in [3.8, 4) is 0 Å². The van der Waals surface area contributed by atoms with Crippen LogP contribution >= 0.6 is 0 Å². The van der Waals surface area contributed by atoms with E-state index in [2.05, 4.69) is 5.32 Å². The number of hydroxylamine groups is 2. The summed E-state index contributed by atoms with van der Waals surface area (Å²) >= 11 is 0. The van der Waals surface area contributed by atoms with Crippen LogP contribution < -0.4 is 11.1 Å². The number of carbonyl (C=O) groups excluding carboxylic acids is 4. The number of nitrogens with zero attached hydrogens (tertiary/aromatic N) is 1. The van der Waals surface area contributed by atoms with Gasteiger partial charge in [0.1, 0.15) is 6.61 Å². The highest BCUT2D eigenvalue weighted by Crippen LogP contribution is 2.15. The second-order valence-electron chi connectivity index (χ2n) is 6.53. The maximum atomic E-state index is 12.2. The van der Waals surface area contributed by atoms with E-state index in [9.17, 15) is 24.3 Å². The van der Waals surface area contributed by atoms with Gasteiger partial charge in [-0.05, 0) is 24.9 Å². The topological polar surface area (TPSA) is 148 Å². The van der Waals surface area contributed by atoms with Gasteiger partial charge in [0.05, 0.1) is 6.04 Å². The van der Waals surface area contributed by atoms with Gasteiger partial charge in [-0.3, -0.25) is 9.59 Å². The van der Waals surface area contributed by atoms with Gasteiger partial charge in [-0.2, -0.15) is 0 Å². The Kier molecular flexibility index (Phi) is 8.56. The van der Waals surface area contributed by atoms with Gasteiger partial charge in [-0.25, -0.2) is 9.59 Å². The number of rotatable bonds is 10. The molecule has 0 radical (unpaired) electrons. The summed E-state index contributed by atoms with van der Waals surface area (Å²) in [4.78, 5) is 52.1. The Hall–Kier alpha value is -2.98. The van der Waals surface area contributed by atoms with Crippen LogP contribution in [0.4, 0.5) is 4.79 Å². The third-order valence-corrected chi connectivity index (χ3v) is 4.29. The Labute approximate surface area is 167 Å². The molecule has 1 aromatic carbocycles. The summed E-state index contributed by atoms with van der Waals surface area (Å²) in [6.45, 7) is 0.419. The first kappa shape index (κ1) is 22.3. The average Bonchev–Trinajstić information content (AvgIpc) is 3.04. The molecule has 2 atom stereocenters. The minimum atomic E-state index is -1.79. The van der Waals surface area contributed by atoms with Gasteiger partial charge < -0.3 is 25.7 Å². The van der Waals surface area contributed by atoms with E-state index in [0.717, 1.165) is 5.56 Å². The molecule has 0 bridgehead atoms. The first-order valence-corrected chi connectivity index (χ1v) is 9.35. The number of carbonyl (C=O) groups is 4. The molecule has 1 aliphatic heterocycles. The lowest BCUT2D eigenvalue weighted by Crippen LogP contribution is -2.49. The fraction of sp³-hybridized carbons (Fsp3) is 0.474. The fourth-order valence-electron chi connectivity index (χ4n) is 2.70. The lowest BCUT2D eigenvalue weighted by atomic mass is 10.0. The molecule has 1 aromatic rings. The van der Waals surface area contributed by atoms with Gasteiger partial charge in [-0.1, -0.05) is 36.8 Å². The number of imide groups is 1. The molecule has 2 rings (SSSR count). The van der Waals surface area contributed by atoms with E-state index in [1.165, 1.54) is 0 Å². The maximum Gasteiger partial charge on any atom is 0.407 e. The first-order valence-electron chi connectivity index (χ1n) is 9.35. The van der Waals surface area contributed by atoms with E-state index in [0.29, 0.717) is 24.4 Å². The van der Waals surface area contributed by atoms with Gasteiger partial charge in [0.25, 0.3) is 11.8 Å². The van der Waals surface area contributed by atoms with E-state index in [1.807, 2.05) is 6.07 Å². The third-order valence-electron chi connectivity index (χ3n) is 4.29. The van der Waals surface area contributed by atoms with Crippen LogP contribution in [0.1, 0.15) is 37.7 Å².